The van der Waals surface area contributed by atoms with Gasteiger partial charge in [0, 0.05) is 28.1 Å². The lowest BCUT2D eigenvalue weighted by Gasteiger charge is -2.01. The zero-order valence-electron chi connectivity index (χ0n) is 7.84. The highest BCUT2D eigenvalue weighted by Gasteiger charge is 1.97. The molecule has 4 heteroatoms. The van der Waals surface area contributed by atoms with Gasteiger partial charge in [-0.2, -0.15) is 0 Å². The average molecular weight is 265 g/mol. The van der Waals surface area contributed by atoms with Crippen molar-refractivity contribution in [2.75, 3.05) is 0 Å². The second-order valence-corrected chi connectivity index (χ2v) is 3.99. The number of rotatable bonds is 2. The highest BCUT2D eigenvalue weighted by atomic mass is 79.9. The van der Waals surface area contributed by atoms with Gasteiger partial charge in [-0.1, -0.05) is 21.1 Å². The first-order chi connectivity index (χ1) is 7.29. The number of halogens is 1. The van der Waals surface area contributed by atoms with Gasteiger partial charge < -0.3 is 9.77 Å². The fourth-order valence-electron chi connectivity index (χ4n) is 1.33. The van der Waals surface area contributed by atoms with Crippen LogP contribution in [0.2, 0.25) is 0 Å². The van der Waals surface area contributed by atoms with E-state index in [1.54, 1.807) is 0 Å². The summed E-state index contributed by atoms with van der Waals surface area (Å²) in [6.45, 7) is 0. The molecular formula is C11H9BrN2O. The molecule has 0 amide bonds. The normalized spacial score (nSPS) is 11.0. The van der Waals surface area contributed by atoms with Gasteiger partial charge in [0.1, 0.15) is 0 Å². The van der Waals surface area contributed by atoms with Crippen LogP contribution in [0.4, 0.5) is 0 Å². The van der Waals surface area contributed by atoms with Crippen molar-refractivity contribution in [3.8, 4) is 5.69 Å². The second-order valence-electron chi connectivity index (χ2n) is 3.07. The van der Waals surface area contributed by atoms with Gasteiger partial charge in [-0.05, 0) is 30.3 Å². The summed E-state index contributed by atoms with van der Waals surface area (Å²) in [4.78, 5) is 0. The first-order valence-corrected chi connectivity index (χ1v) is 5.20. The minimum atomic E-state index is 0.861. The van der Waals surface area contributed by atoms with Gasteiger partial charge >= 0.3 is 0 Å². The predicted octanol–water partition coefficient (Wildman–Crippen LogP) is 3.05. The molecular weight excluding hydrogens is 256 g/mol. The third kappa shape index (κ3) is 2.27. The van der Waals surface area contributed by atoms with Crippen molar-refractivity contribution in [1.82, 2.24) is 4.57 Å². The molecule has 0 aliphatic carbocycles. The van der Waals surface area contributed by atoms with Gasteiger partial charge in [-0.15, -0.1) is 0 Å². The summed E-state index contributed by atoms with van der Waals surface area (Å²) in [7, 11) is 0. The van der Waals surface area contributed by atoms with Crippen molar-refractivity contribution >= 4 is 22.1 Å². The molecule has 1 heterocycles. The molecule has 0 radical (unpaired) electrons. The Hall–Kier alpha value is -1.55. The average Bonchev–Trinajstić information content (AvgIpc) is 2.68. The molecule has 0 spiro atoms. The Kier molecular flexibility index (Phi) is 2.87. The molecule has 1 N–H and O–H groups in total. The molecule has 1 aromatic carbocycles. The fraction of sp³-hybridized carbons (Fsp3) is 0. The molecule has 0 aliphatic rings. The molecule has 0 unspecified atom stereocenters. The Morgan fingerprint density at radius 2 is 1.93 bits per heavy atom. The number of oxime groups is 1. The van der Waals surface area contributed by atoms with E-state index in [4.69, 9.17) is 5.21 Å². The summed E-state index contributed by atoms with van der Waals surface area (Å²) in [5.41, 5.74) is 1.93. The lowest BCUT2D eigenvalue weighted by atomic mass is 10.3. The third-order valence-electron chi connectivity index (χ3n) is 2.05. The van der Waals surface area contributed by atoms with E-state index in [2.05, 4.69) is 21.1 Å². The van der Waals surface area contributed by atoms with Gasteiger partial charge in [0.15, 0.2) is 0 Å². The molecule has 1 aromatic heterocycles. The maximum absolute atomic E-state index is 8.39. The number of hydrogen-bond acceptors (Lipinski definition) is 2. The number of hydrogen-bond donors (Lipinski definition) is 1. The van der Waals surface area contributed by atoms with Crippen molar-refractivity contribution in [2.45, 2.75) is 0 Å². The number of nitrogens with zero attached hydrogens (tertiary/aromatic N) is 2. The Labute approximate surface area is 95.8 Å². The van der Waals surface area contributed by atoms with Crippen LogP contribution in [0.5, 0.6) is 0 Å². The summed E-state index contributed by atoms with van der Waals surface area (Å²) in [5, 5.41) is 11.4. The van der Waals surface area contributed by atoms with Gasteiger partial charge in [-0.25, -0.2) is 0 Å². The maximum atomic E-state index is 8.39. The Morgan fingerprint density at radius 3 is 2.60 bits per heavy atom. The molecule has 15 heavy (non-hydrogen) atoms. The molecule has 0 atom stereocenters. The van der Waals surface area contributed by atoms with Crippen LogP contribution in [0.25, 0.3) is 5.69 Å². The summed E-state index contributed by atoms with van der Waals surface area (Å²) in [6, 6.07) is 9.85. The lowest BCUT2D eigenvalue weighted by molar-refractivity contribution is 0.322. The first-order valence-electron chi connectivity index (χ1n) is 4.41. The lowest BCUT2D eigenvalue weighted by Crippen LogP contribution is -1.88. The fourth-order valence-corrected chi connectivity index (χ4v) is 1.59. The van der Waals surface area contributed by atoms with Crippen LogP contribution in [-0.2, 0) is 0 Å². The van der Waals surface area contributed by atoms with Crippen molar-refractivity contribution in [1.29, 1.82) is 0 Å². The summed E-state index contributed by atoms with van der Waals surface area (Å²) in [5.74, 6) is 0. The standard InChI is InChI=1S/C11H9BrN2O/c12-10-1-3-11(4-2-10)14-6-5-9(8-14)7-13-15/h1-8,15H/b13-7+. The molecule has 2 rings (SSSR count). The highest BCUT2D eigenvalue weighted by molar-refractivity contribution is 9.10. The minimum Gasteiger partial charge on any atom is -0.411 e. The smallest absolute Gasteiger partial charge is 0.0749 e. The summed E-state index contributed by atoms with van der Waals surface area (Å²) >= 11 is 3.38. The summed E-state index contributed by atoms with van der Waals surface area (Å²) in [6.07, 6.45) is 5.21. The van der Waals surface area contributed by atoms with Gasteiger partial charge in [0.25, 0.3) is 0 Å². The van der Waals surface area contributed by atoms with Gasteiger partial charge in [0.05, 0.1) is 6.21 Å². The van der Waals surface area contributed by atoms with Crippen LogP contribution in [0.15, 0.2) is 52.4 Å². The molecule has 0 aliphatic heterocycles. The van der Waals surface area contributed by atoms with Crippen LogP contribution in [0, 0.1) is 0 Å². The maximum Gasteiger partial charge on any atom is 0.0749 e. The highest BCUT2D eigenvalue weighted by Crippen LogP contribution is 2.14. The monoisotopic (exact) mass is 264 g/mol. The van der Waals surface area contributed by atoms with Gasteiger partial charge in [-0.3, -0.25) is 0 Å². The van der Waals surface area contributed by atoms with Crippen LogP contribution in [-0.4, -0.2) is 16.0 Å². The van der Waals surface area contributed by atoms with E-state index in [0.717, 1.165) is 15.7 Å². The molecule has 0 saturated carbocycles. The zero-order valence-corrected chi connectivity index (χ0v) is 9.42. The molecule has 76 valence electrons. The Morgan fingerprint density at radius 1 is 1.20 bits per heavy atom. The van der Waals surface area contributed by atoms with E-state index in [1.165, 1.54) is 6.21 Å². The second kappa shape index (κ2) is 4.31. The molecule has 0 saturated heterocycles. The van der Waals surface area contributed by atoms with Crippen LogP contribution >= 0.6 is 15.9 Å². The van der Waals surface area contributed by atoms with Crippen molar-refractivity contribution in [3.05, 3.63) is 52.8 Å². The van der Waals surface area contributed by atoms with Crippen molar-refractivity contribution in [2.24, 2.45) is 5.16 Å². The Balaban J connectivity index is 2.33. The minimum absolute atomic E-state index is 0.861. The quantitative estimate of drug-likeness (QED) is 0.505. The van der Waals surface area contributed by atoms with Crippen LogP contribution < -0.4 is 0 Å². The number of benzene rings is 1. The molecule has 2 aromatic rings. The van der Waals surface area contributed by atoms with E-state index in [0.29, 0.717) is 0 Å². The SMILES string of the molecule is O/N=C/c1ccn(-c2ccc(Br)cc2)c1. The van der Waals surface area contributed by atoms with Crippen molar-refractivity contribution in [3.63, 3.8) is 0 Å². The zero-order chi connectivity index (χ0) is 10.7. The summed E-state index contributed by atoms with van der Waals surface area (Å²) < 4.78 is 3.01. The first kappa shape index (κ1) is 9.98. The van der Waals surface area contributed by atoms with Crippen molar-refractivity contribution < 1.29 is 5.21 Å². The Bertz CT molecular complexity index is 474. The largest absolute Gasteiger partial charge is 0.411 e. The third-order valence-corrected chi connectivity index (χ3v) is 2.58. The molecule has 0 fully saturated rings. The number of aromatic nitrogens is 1. The molecule has 3 nitrogen and oxygen atoms in total. The van der Waals surface area contributed by atoms with Crippen LogP contribution in [0.1, 0.15) is 5.56 Å². The predicted molar refractivity (Wildman–Crippen MR) is 62.8 cm³/mol. The molecule has 0 bridgehead atoms. The van der Waals surface area contributed by atoms with E-state index in [-0.39, 0.29) is 0 Å². The van der Waals surface area contributed by atoms with Crippen LogP contribution in [0.3, 0.4) is 0 Å². The van der Waals surface area contributed by atoms with E-state index in [9.17, 15) is 0 Å². The van der Waals surface area contributed by atoms with E-state index < -0.39 is 0 Å². The van der Waals surface area contributed by atoms with E-state index >= 15 is 0 Å². The van der Waals surface area contributed by atoms with E-state index in [1.807, 2.05) is 47.3 Å². The topological polar surface area (TPSA) is 37.5 Å². The van der Waals surface area contributed by atoms with Gasteiger partial charge in [0.2, 0.25) is 0 Å².